The standard InChI is InChI=1S/C22H17ClN2O/c23-19-13-11-18(12-14-19)22(26)25-21(17-9-5-2-6-10-17)15-20(24-25)16-7-3-1-4-8-16/h1-14,21H,15H2. The van der Waals surface area contributed by atoms with E-state index in [9.17, 15) is 4.79 Å². The van der Waals surface area contributed by atoms with Gasteiger partial charge in [0, 0.05) is 17.0 Å². The summed E-state index contributed by atoms with van der Waals surface area (Å²) in [5.74, 6) is -0.124. The number of rotatable bonds is 3. The van der Waals surface area contributed by atoms with Gasteiger partial charge in [-0.15, -0.1) is 0 Å². The molecule has 0 aromatic heterocycles. The lowest BCUT2D eigenvalue weighted by Gasteiger charge is -2.22. The summed E-state index contributed by atoms with van der Waals surface area (Å²) in [6.45, 7) is 0. The molecular weight excluding hydrogens is 344 g/mol. The first-order valence-electron chi connectivity index (χ1n) is 8.49. The maximum absolute atomic E-state index is 13.1. The predicted molar refractivity (Wildman–Crippen MR) is 104 cm³/mol. The minimum atomic E-state index is -0.124. The Hall–Kier alpha value is -2.91. The maximum atomic E-state index is 13.1. The Labute approximate surface area is 157 Å². The van der Waals surface area contributed by atoms with E-state index in [0.29, 0.717) is 17.0 Å². The van der Waals surface area contributed by atoms with Crippen molar-refractivity contribution in [2.24, 2.45) is 5.10 Å². The van der Waals surface area contributed by atoms with Crippen molar-refractivity contribution in [3.05, 3.63) is 107 Å². The molecule has 0 bridgehead atoms. The first-order chi connectivity index (χ1) is 12.7. The van der Waals surface area contributed by atoms with Crippen LogP contribution in [-0.2, 0) is 0 Å². The van der Waals surface area contributed by atoms with Crippen LogP contribution in [0.4, 0.5) is 0 Å². The lowest BCUT2D eigenvalue weighted by atomic mass is 9.98. The van der Waals surface area contributed by atoms with Crippen molar-refractivity contribution in [1.82, 2.24) is 5.01 Å². The zero-order chi connectivity index (χ0) is 17.9. The normalized spacial score (nSPS) is 16.4. The highest BCUT2D eigenvalue weighted by Gasteiger charge is 2.33. The van der Waals surface area contributed by atoms with Gasteiger partial charge in [-0.3, -0.25) is 4.79 Å². The number of carbonyl (C=O) groups is 1. The molecule has 1 amide bonds. The lowest BCUT2D eigenvalue weighted by Crippen LogP contribution is -2.27. The largest absolute Gasteiger partial charge is 0.274 e. The minimum Gasteiger partial charge on any atom is -0.267 e. The Balaban J connectivity index is 1.72. The van der Waals surface area contributed by atoms with Crippen molar-refractivity contribution in [3.63, 3.8) is 0 Å². The van der Waals surface area contributed by atoms with Gasteiger partial charge in [0.2, 0.25) is 0 Å². The summed E-state index contributed by atoms with van der Waals surface area (Å²) in [7, 11) is 0. The van der Waals surface area contributed by atoms with E-state index in [0.717, 1.165) is 16.8 Å². The third-order valence-electron chi connectivity index (χ3n) is 4.50. The van der Waals surface area contributed by atoms with Crippen molar-refractivity contribution >= 4 is 23.2 Å². The molecule has 0 saturated carbocycles. The monoisotopic (exact) mass is 360 g/mol. The molecule has 3 aromatic rings. The van der Waals surface area contributed by atoms with Crippen molar-refractivity contribution in [1.29, 1.82) is 0 Å². The molecule has 1 aliphatic heterocycles. The van der Waals surface area contributed by atoms with E-state index in [1.54, 1.807) is 29.3 Å². The zero-order valence-corrected chi connectivity index (χ0v) is 14.8. The number of halogens is 1. The smallest absolute Gasteiger partial charge is 0.267 e. The molecule has 128 valence electrons. The minimum absolute atomic E-state index is 0.116. The van der Waals surface area contributed by atoms with E-state index in [-0.39, 0.29) is 11.9 Å². The van der Waals surface area contributed by atoms with Gasteiger partial charge in [0.1, 0.15) is 0 Å². The van der Waals surface area contributed by atoms with Gasteiger partial charge in [0.05, 0.1) is 11.8 Å². The zero-order valence-electron chi connectivity index (χ0n) is 14.0. The summed E-state index contributed by atoms with van der Waals surface area (Å²) in [6, 6.07) is 26.8. The van der Waals surface area contributed by atoms with Crippen LogP contribution in [0.3, 0.4) is 0 Å². The van der Waals surface area contributed by atoms with Gasteiger partial charge in [-0.2, -0.15) is 5.10 Å². The first-order valence-corrected chi connectivity index (χ1v) is 8.87. The Bertz CT molecular complexity index is 937. The Morgan fingerprint density at radius 3 is 2.15 bits per heavy atom. The van der Waals surface area contributed by atoms with E-state index in [2.05, 4.69) is 5.10 Å². The van der Waals surface area contributed by atoms with Crippen molar-refractivity contribution < 1.29 is 4.79 Å². The van der Waals surface area contributed by atoms with Crippen LogP contribution >= 0.6 is 11.6 Å². The highest BCUT2D eigenvalue weighted by atomic mass is 35.5. The molecule has 1 heterocycles. The van der Waals surface area contributed by atoms with E-state index >= 15 is 0 Å². The molecule has 3 nitrogen and oxygen atoms in total. The third kappa shape index (κ3) is 3.26. The predicted octanol–water partition coefficient (Wildman–Crippen LogP) is 5.33. The van der Waals surface area contributed by atoms with Gasteiger partial charge < -0.3 is 0 Å². The number of hydrogen-bond donors (Lipinski definition) is 0. The summed E-state index contributed by atoms with van der Waals surface area (Å²) < 4.78 is 0. The van der Waals surface area contributed by atoms with Crippen LogP contribution in [0.25, 0.3) is 0 Å². The topological polar surface area (TPSA) is 32.7 Å². The van der Waals surface area contributed by atoms with Crippen LogP contribution in [0.5, 0.6) is 0 Å². The summed E-state index contributed by atoms with van der Waals surface area (Å²) in [5.41, 5.74) is 3.61. The molecule has 1 atom stereocenters. The van der Waals surface area contributed by atoms with Crippen molar-refractivity contribution in [3.8, 4) is 0 Å². The highest BCUT2D eigenvalue weighted by molar-refractivity contribution is 6.30. The second-order valence-corrected chi connectivity index (χ2v) is 6.64. The average molecular weight is 361 g/mol. The second-order valence-electron chi connectivity index (χ2n) is 6.20. The lowest BCUT2D eigenvalue weighted by molar-refractivity contribution is 0.0711. The Morgan fingerprint density at radius 1 is 0.885 bits per heavy atom. The fourth-order valence-corrected chi connectivity index (χ4v) is 3.29. The summed E-state index contributed by atoms with van der Waals surface area (Å²) >= 11 is 5.95. The van der Waals surface area contributed by atoms with Crippen LogP contribution in [0.2, 0.25) is 5.02 Å². The van der Waals surface area contributed by atoms with E-state index in [1.807, 2.05) is 60.7 Å². The van der Waals surface area contributed by atoms with Gasteiger partial charge in [0.25, 0.3) is 5.91 Å². The Morgan fingerprint density at radius 2 is 1.50 bits per heavy atom. The number of nitrogens with zero attached hydrogens (tertiary/aromatic N) is 2. The quantitative estimate of drug-likeness (QED) is 0.621. The number of hydrogen-bond acceptors (Lipinski definition) is 2. The van der Waals surface area contributed by atoms with Crippen LogP contribution in [0, 0.1) is 0 Å². The fraction of sp³-hybridized carbons (Fsp3) is 0.0909. The summed E-state index contributed by atoms with van der Waals surface area (Å²) in [4.78, 5) is 13.1. The first kappa shape index (κ1) is 16.6. The fourth-order valence-electron chi connectivity index (χ4n) is 3.16. The number of carbonyl (C=O) groups excluding carboxylic acids is 1. The SMILES string of the molecule is O=C(c1ccc(Cl)cc1)N1N=C(c2ccccc2)CC1c1ccccc1. The summed E-state index contributed by atoms with van der Waals surface area (Å²) in [5, 5.41) is 6.89. The van der Waals surface area contributed by atoms with Gasteiger partial charge in [-0.25, -0.2) is 5.01 Å². The van der Waals surface area contributed by atoms with E-state index in [1.165, 1.54) is 0 Å². The van der Waals surface area contributed by atoms with Gasteiger partial charge in [-0.05, 0) is 35.4 Å². The molecule has 26 heavy (non-hydrogen) atoms. The molecule has 0 fully saturated rings. The van der Waals surface area contributed by atoms with E-state index in [4.69, 9.17) is 11.6 Å². The van der Waals surface area contributed by atoms with Crippen LogP contribution < -0.4 is 0 Å². The molecule has 1 aliphatic rings. The third-order valence-corrected chi connectivity index (χ3v) is 4.75. The van der Waals surface area contributed by atoms with Crippen molar-refractivity contribution in [2.45, 2.75) is 12.5 Å². The second kappa shape index (κ2) is 7.14. The molecule has 4 rings (SSSR count). The van der Waals surface area contributed by atoms with Gasteiger partial charge >= 0.3 is 0 Å². The maximum Gasteiger partial charge on any atom is 0.274 e. The molecule has 0 aliphatic carbocycles. The number of amides is 1. The summed E-state index contributed by atoms with van der Waals surface area (Å²) in [6.07, 6.45) is 0.688. The molecule has 0 N–H and O–H groups in total. The molecule has 4 heteroatoms. The molecular formula is C22H17ClN2O. The Kier molecular flexibility index (Phi) is 4.55. The van der Waals surface area contributed by atoms with Crippen molar-refractivity contribution in [2.75, 3.05) is 0 Å². The average Bonchev–Trinajstić information content (AvgIpc) is 3.15. The molecule has 3 aromatic carbocycles. The van der Waals surface area contributed by atoms with E-state index < -0.39 is 0 Å². The van der Waals surface area contributed by atoms with Crippen LogP contribution in [-0.4, -0.2) is 16.6 Å². The van der Waals surface area contributed by atoms with Gasteiger partial charge in [0.15, 0.2) is 0 Å². The highest BCUT2D eigenvalue weighted by Crippen LogP contribution is 2.33. The molecule has 0 saturated heterocycles. The van der Waals surface area contributed by atoms with Crippen LogP contribution in [0.1, 0.15) is 33.9 Å². The number of hydrazone groups is 1. The molecule has 0 radical (unpaired) electrons. The number of benzene rings is 3. The van der Waals surface area contributed by atoms with Crippen LogP contribution in [0.15, 0.2) is 90.0 Å². The molecule has 1 unspecified atom stereocenters. The van der Waals surface area contributed by atoms with Gasteiger partial charge in [-0.1, -0.05) is 72.3 Å². The molecule has 0 spiro atoms.